The summed E-state index contributed by atoms with van der Waals surface area (Å²) in [7, 11) is 1.90. The standard InChI is InChI=1S/C24H34N2O3/c1-18(27)25(2)21-12-14-24(15-13-21)17-26(23(28)19-8-4-3-5-9-19)16-20-10-6-7-11-22(20)29-24/h6-7,10-11,19,21H,3-5,8-9,12-17H2,1-2H3. The Morgan fingerprint density at radius 3 is 2.45 bits per heavy atom. The summed E-state index contributed by atoms with van der Waals surface area (Å²) >= 11 is 0. The molecule has 0 atom stereocenters. The Morgan fingerprint density at radius 2 is 1.76 bits per heavy atom. The molecule has 2 amide bonds. The maximum absolute atomic E-state index is 13.4. The second-order valence-electron chi connectivity index (χ2n) is 9.28. The van der Waals surface area contributed by atoms with Crippen molar-refractivity contribution in [1.29, 1.82) is 0 Å². The van der Waals surface area contributed by atoms with Gasteiger partial charge in [-0.15, -0.1) is 0 Å². The smallest absolute Gasteiger partial charge is 0.226 e. The van der Waals surface area contributed by atoms with Crippen molar-refractivity contribution in [2.75, 3.05) is 13.6 Å². The summed E-state index contributed by atoms with van der Waals surface area (Å²) in [6.45, 7) is 2.94. The molecule has 5 nitrogen and oxygen atoms in total. The largest absolute Gasteiger partial charge is 0.485 e. The highest BCUT2D eigenvalue weighted by Gasteiger charge is 2.44. The van der Waals surface area contributed by atoms with Crippen LogP contribution in [0.3, 0.4) is 0 Å². The zero-order valence-electron chi connectivity index (χ0n) is 17.9. The van der Waals surface area contributed by atoms with Gasteiger partial charge in [0.15, 0.2) is 0 Å². The van der Waals surface area contributed by atoms with Gasteiger partial charge < -0.3 is 14.5 Å². The van der Waals surface area contributed by atoms with Crippen LogP contribution in [-0.4, -0.2) is 46.8 Å². The van der Waals surface area contributed by atoms with Crippen LogP contribution in [0.2, 0.25) is 0 Å². The van der Waals surface area contributed by atoms with Crippen molar-refractivity contribution < 1.29 is 14.3 Å². The Kier molecular flexibility index (Phi) is 5.84. The van der Waals surface area contributed by atoms with Gasteiger partial charge in [0.1, 0.15) is 11.4 Å². The van der Waals surface area contributed by atoms with E-state index in [0.29, 0.717) is 19.0 Å². The molecule has 5 heteroatoms. The van der Waals surface area contributed by atoms with Crippen molar-refractivity contribution >= 4 is 11.8 Å². The summed E-state index contributed by atoms with van der Waals surface area (Å²) in [5.74, 6) is 1.52. The molecule has 3 aliphatic rings. The third kappa shape index (κ3) is 4.29. The topological polar surface area (TPSA) is 49.9 Å². The van der Waals surface area contributed by atoms with Crippen molar-refractivity contribution in [2.24, 2.45) is 5.92 Å². The molecular weight excluding hydrogens is 364 g/mol. The third-order valence-electron chi connectivity index (χ3n) is 7.32. The monoisotopic (exact) mass is 398 g/mol. The van der Waals surface area contributed by atoms with Crippen molar-refractivity contribution in [3.8, 4) is 5.75 Å². The van der Waals surface area contributed by atoms with Gasteiger partial charge in [0.05, 0.1) is 6.54 Å². The summed E-state index contributed by atoms with van der Waals surface area (Å²) in [6, 6.07) is 8.44. The molecule has 0 unspecified atom stereocenters. The Hall–Kier alpha value is -2.04. The lowest BCUT2D eigenvalue weighted by atomic mass is 9.80. The zero-order valence-corrected chi connectivity index (χ0v) is 17.9. The van der Waals surface area contributed by atoms with E-state index in [0.717, 1.165) is 49.8 Å². The molecule has 29 heavy (non-hydrogen) atoms. The normalized spacial score (nSPS) is 27.7. The fraction of sp³-hybridized carbons (Fsp3) is 0.667. The Balaban J connectivity index is 1.56. The summed E-state index contributed by atoms with van der Waals surface area (Å²) < 4.78 is 6.64. The van der Waals surface area contributed by atoms with Gasteiger partial charge in [-0.1, -0.05) is 37.5 Å². The fourth-order valence-corrected chi connectivity index (χ4v) is 5.41. The lowest BCUT2D eigenvalue weighted by Crippen LogP contribution is -2.53. The number of hydrogen-bond acceptors (Lipinski definition) is 3. The molecule has 1 aliphatic heterocycles. The molecule has 2 saturated carbocycles. The fourth-order valence-electron chi connectivity index (χ4n) is 5.41. The van der Waals surface area contributed by atoms with Crippen LogP contribution >= 0.6 is 0 Å². The van der Waals surface area contributed by atoms with E-state index in [9.17, 15) is 9.59 Å². The van der Waals surface area contributed by atoms with E-state index in [1.165, 1.54) is 19.3 Å². The number of benzene rings is 1. The molecule has 1 aromatic carbocycles. The number of carbonyl (C=O) groups excluding carboxylic acids is 2. The minimum absolute atomic E-state index is 0.118. The van der Waals surface area contributed by atoms with E-state index in [-0.39, 0.29) is 23.5 Å². The minimum Gasteiger partial charge on any atom is -0.485 e. The third-order valence-corrected chi connectivity index (χ3v) is 7.32. The summed E-state index contributed by atoms with van der Waals surface area (Å²) in [4.78, 5) is 29.2. The molecule has 0 aromatic heterocycles. The number of ether oxygens (including phenoxy) is 1. The van der Waals surface area contributed by atoms with Gasteiger partial charge in [0.25, 0.3) is 0 Å². The van der Waals surface area contributed by atoms with Crippen LogP contribution in [0.15, 0.2) is 24.3 Å². The first-order chi connectivity index (χ1) is 14.0. The van der Waals surface area contributed by atoms with E-state index in [4.69, 9.17) is 4.74 Å². The van der Waals surface area contributed by atoms with Gasteiger partial charge in [-0.3, -0.25) is 9.59 Å². The Bertz CT molecular complexity index is 748. The van der Waals surface area contributed by atoms with Gasteiger partial charge in [-0.05, 0) is 44.6 Å². The van der Waals surface area contributed by atoms with Crippen molar-refractivity contribution in [3.05, 3.63) is 29.8 Å². The van der Waals surface area contributed by atoms with Crippen LogP contribution in [0.25, 0.3) is 0 Å². The first-order valence-electron chi connectivity index (χ1n) is 11.3. The van der Waals surface area contributed by atoms with Gasteiger partial charge in [-0.2, -0.15) is 0 Å². The van der Waals surface area contributed by atoms with Crippen molar-refractivity contribution in [1.82, 2.24) is 9.80 Å². The number of rotatable bonds is 2. The number of carbonyl (C=O) groups is 2. The van der Waals surface area contributed by atoms with Gasteiger partial charge in [0, 0.05) is 38.0 Å². The van der Waals surface area contributed by atoms with Gasteiger partial charge in [-0.25, -0.2) is 0 Å². The second kappa shape index (κ2) is 8.37. The summed E-state index contributed by atoms with van der Waals surface area (Å²) in [6.07, 6.45) is 9.23. The Morgan fingerprint density at radius 1 is 1.07 bits per heavy atom. The SMILES string of the molecule is CC(=O)N(C)C1CCC2(CC1)CN(C(=O)C1CCCCC1)Cc1ccccc1O2. The first-order valence-corrected chi connectivity index (χ1v) is 11.3. The molecule has 0 saturated heterocycles. The highest BCUT2D eigenvalue weighted by molar-refractivity contribution is 5.79. The lowest BCUT2D eigenvalue weighted by molar-refractivity contribution is -0.140. The molecule has 2 aliphatic carbocycles. The summed E-state index contributed by atoms with van der Waals surface area (Å²) in [5.41, 5.74) is 0.766. The van der Waals surface area contributed by atoms with Crippen LogP contribution in [0, 0.1) is 5.92 Å². The average Bonchev–Trinajstić information content (AvgIpc) is 2.90. The quantitative estimate of drug-likeness (QED) is 0.752. The highest BCUT2D eigenvalue weighted by Crippen LogP contribution is 2.40. The Labute approximate surface area is 174 Å². The molecular formula is C24H34N2O3. The number of fused-ring (bicyclic) bond motifs is 1. The molecule has 2 fully saturated rings. The van der Waals surface area contributed by atoms with Crippen LogP contribution < -0.4 is 4.74 Å². The number of nitrogens with zero attached hydrogens (tertiary/aromatic N) is 2. The molecule has 0 radical (unpaired) electrons. The molecule has 1 aromatic rings. The highest BCUT2D eigenvalue weighted by atomic mass is 16.5. The number of hydrogen-bond donors (Lipinski definition) is 0. The second-order valence-corrected chi connectivity index (χ2v) is 9.28. The predicted molar refractivity (Wildman–Crippen MR) is 112 cm³/mol. The van der Waals surface area contributed by atoms with Crippen LogP contribution in [0.5, 0.6) is 5.75 Å². The lowest BCUT2D eigenvalue weighted by Gasteiger charge is -2.43. The van der Waals surface area contributed by atoms with E-state index >= 15 is 0 Å². The minimum atomic E-state index is -0.342. The van der Waals surface area contributed by atoms with E-state index in [1.807, 2.05) is 30.1 Å². The molecule has 158 valence electrons. The number of amides is 2. The molecule has 0 bridgehead atoms. The average molecular weight is 399 g/mol. The maximum atomic E-state index is 13.4. The molecule has 1 heterocycles. The van der Waals surface area contributed by atoms with Crippen molar-refractivity contribution in [2.45, 2.75) is 82.9 Å². The maximum Gasteiger partial charge on any atom is 0.226 e. The first kappa shape index (κ1) is 20.2. The van der Waals surface area contributed by atoms with Crippen molar-refractivity contribution in [3.63, 3.8) is 0 Å². The molecule has 4 rings (SSSR count). The molecule has 0 N–H and O–H groups in total. The van der Waals surface area contributed by atoms with E-state index in [1.54, 1.807) is 6.92 Å². The van der Waals surface area contributed by atoms with Crippen LogP contribution in [0.4, 0.5) is 0 Å². The summed E-state index contributed by atoms with van der Waals surface area (Å²) in [5, 5.41) is 0. The van der Waals surface area contributed by atoms with E-state index in [2.05, 4.69) is 11.0 Å². The zero-order chi connectivity index (χ0) is 20.4. The molecule has 1 spiro atoms. The number of para-hydroxylation sites is 1. The predicted octanol–water partition coefficient (Wildman–Crippen LogP) is 4.15. The van der Waals surface area contributed by atoms with Gasteiger partial charge in [0.2, 0.25) is 11.8 Å². The van der Waals surface area contributed by atoms with Crippen LogP contribution in [-0.2, 0) is 16.1 Å². The van der Waals surface area contributed by atoms with Crippen LogP contribution in [0.1, 0.15) is 70.3 Å². The van der Waals surface area contributed by atoms with Gasteiger partial charge >= 0.3 is 0 Å². The van der Waals surface area contributed by atoms with E-state index < -0.39 is 0 Å².